The molecule has 0 aliphatic rings. The molecule has 0 atom stereocenters. The minimum Gasteiger partial charge on any atom is -0.497 e. The Kier molecular flexibility index (Phi) is 3.94. The van der Waals surface area contributed by atoms with Crippen LogP contribution in [-0.2, 0) is 6.61 Å². The topological polar surface area (TPSA) is 62.3 Å². The van der Waals surface area contributed by atoms with Crippen molar-refractivity contribution in [3.05, 3.63) is 36.3 Å². The number of methoxy groups -OCH3 is 1. The van der Waals surface area contributed by atoms with Crippen molar-refractivity contribution < 1.29 is 9.47 Å². The van der Waals surface area contributed by atoms with Gasteiger partial charge >= 0.3 is 0 Å². The number of imidazole rings is 1. The van der Waals surface area contributed by atoms with E-state index in [1.807, 2.05) is 28.8 Å². The first kappa shape index (κ1) is 13.3. The smallest absolute Gasteiger partial charge is 0.148 e. The molecule has 2 aromatic rings. The van der Waals surface area contributed by atoms with Crippen molar-refractivity contribution in [3.8, 4) is 11.5 Å². The number of nitrogens with zero attached hydrogens (tertiary/aromatic N) is 2. The van der Waals surface area contributed by atoms with Crippen molar-refractivity contribution in [1.82, 2.24) is 9.55 Å². The molecule has 0 spiro atoms. The van der Waals surface area contributed by atoms with Gasteiger partial charge in [-0.15, -0.1) is 0 Å². The molecular weight excluding hydrogens is 242 g/mol. The monoisotopic (exact) mass is 261 g/mol. The molecule has 5 nitrogen and oxygen atoms in total. The summed E-state index contributed by atoms with van der Waals surface area (Å²) < 4.78 is 12.8. The van der Waals surface area contributed by atoms with Crippen LogP contribution in [0.15, 0.2) is 30.5 Å². The van der Waals surface area contributed by atoms with Crippen LogP contribution < -0.4 is 15.2 Å². The van der Waals surface area contributed by atoms with Crippen LogP contribution in [0.3, 0.4) is 0 Å². The number of hydrogen-bond donors (Lipinski definition) is 1. The summed E-state index contributed by atoms with van der Waals surface area (Å²) in [5.74, 6) is 2.98. The van der Waals surface area contributed by atoms with E-state index in [0.29, 0.717) is 12.4 Å². The first-order valence-corrected chi connectivity index (χ1v) is 6.20. The molecule has 0 unspecified atom stereocenters. The van der Waals surface area contributed by atoms with E-state index in [1.165, 1.54) is 0 Å². The summed E-state index contributed by atoms with van der Waals surface area (Å²) in [6.45, 7) is 4.50. The van der Waals surface area contributed by atoms with Gasteiger partial charge in [0.25, 0.3) is 0 Å². The zero-order chi connectivity index (χ0) is 13.8. The molecule has 1 aromatic carbocycles. The van der Waals surface area contributed by atoms with Gasteiger partial charge in [0.15, 0.2) is 0 Å². The van der Waals surface area contributed by atoms with Gasteiger partial charge in [-0.3, -0.25) is 0 Å². The molecule has 0 aliphatic heterocycles. The van der Waals surface area contributed by atoms with Crippen LogP contribution in [0, 0.1) is 0 Å². The zero-order valence-corrected chi connectivity index (χ0v) is 11.5. The Labute approximate surface area is 113 Å². The molecule has 0 bridgehead atoms. The first-order valence-electron chi connectivity index (χ1n) is 6.20. The molecule has 0 fully saturated rings. The van der Waals surface area contributed by atoms with E-state index in [-0.39, 0.29) is 6.04 Å². The molecule has 0 radical (unpaired) electrons. The van der Waals surface area contributed by atoms with Gasteiger partial charge in [0.05, 0.1) is 13.3 Å². The van der Waals surface area contributed by atoms with Crippen molar-refractivity contribution in [3.63, 3.8) is 0 Å². The summed E-state index contributed by atoms with van der Waals surface area (Å²) in [7, 11) is 1.63. The lowest BCUT2D eigenvalue weighted by atomic mass is 10.3. The Hall–Kier alpha value is -2.17. The van der Waals surface area contributed by atoms with E-state index in [1.54, 1.807) is 13.3 Å². The van der Waals surface area contributed by atoms with Gasteiger partial charge in [0.2, 0.25) is 0 Å². The summed E-state index contributed by atoms with van der Waals surface area (Å²) in [5.41, 5.74) is 5.88. The number of rotatable bonds is 5. The molecule has 0 saturated carbocycles. The molecular formula is C14H19N3O2. The van der Waals surface area contributed by atoms with Crippen LogP contribution in [0.5, 0.6) is 11.5 Å². The molecule has 0 saturated heterocycles. The van der Waals surface area contributed by atoms with Gasteiger partial charge in [-0.25, -0.2) is 4.98 Å². The Morgan fingerprint density at radius 3 is 2.74 bits per heavy atom. The average Bonchev–Trinajstić information content (AvgIpc) is 2.78. The lowest BCUT2D eigenvalue weighted by molar-refractivity contribution is 0.285. The van der Waals surface area contributed by atoms with Crippen LogP contribution in [0.1, 0.15) is 25.7 Å². The lowest BCUT2D eigenvalue weighted by Gasteiger charge is -2.14. The highest BCUT2D eigenvalue weighted by Crippen LogP contribution is 2.21. The minimum absolute atomic E-state index is 0.256. The van der Waals surface area contributed by atoms with Crippen LogP contribution in [0.2, 0.25) is 0 Å². The third-order valence-corrected chi connectivity index (χ3v) is 2.83. The van der Waals surface area contributed by atoms with Gasteiger partial charge in [0, 0.05) is 12.1 Å². The number of nitrogen functional groups attached to an aromatic ring is 1. The van der Waals surface area contributed by atoms with Crippen LogP contribution in [0.4, 0.5) is 5.82 Å². The highest BCUT2D eigenvalue weighted by Gasteiger charge is 2.11. The molecule has 2 N–H and O–H groups in total. The Morgan fingerprint density at radius 2 is 2.05 bits per heavy atom. The summed E-state index contributed by atoms with van der Waals surface area (Å²) >= 11 is 0. The molecule has 0 amide bonds. The molecule has 2 rings (SSSR count). The van der Waals surface area contributed by atoms with E-state index in [4.69, 9.17) is 15.2 Å². The fourth-order valence-electron chi connectivity index (χ4n) is 1.96. The summed E-state index contributed by atoms with van der Waals surface area (Å²) in [6.07, 6.45) is 1.66. The van der Waals surface area contributed by atoms with Crippen molar-refractivity contribution >= 4 is 5.82 Å². The standard InChI is InChI=1S/C14H19N3O2/c1-10(2)17-13(15)8-16-14(17)9-19-12-6-4-5-11(7-12)18-3/h4-8,10H,9,15H2,1-3H3. The van der Waals surface area contributed by atoms with E-state index >= 15 is 0 Å². The predicted molar refractivity (Wildman–Crippen MR) is 74.4 cm³/mol. The second-order valence-corrected chi connectivity index (χ2v) is 4.53. The number of ether oxygens (including phenoxy) is 2. The van der Waals surface area contributed by atoms with Gasteiger partial charge in [-0.1, -0.05) is 6.07 Å². The molecule has 19 heavy (non-hydrogen) atoms. The SMILES string of the molecule is COc1cccc(OCc2ncc(N)n2C(C)C)c1. The van der Waals surface area contributed by atoms with Crippen molar-refractivity contribution in [1.29, 1.82) is 0 Å². The Morgan fingerprint density at radius 1 is 1.32 bits per heavy atom. The maximum Gasteiger partial charge on any atom is 0.148 e. The second-order valence-electron chi connectivity index (χ2n) is 4.53. The minimum atomic E-state index is 0.256. The van der Waals surface area contributed by atoms with Crippen molar-refractivity contribution in [2.45, 2.75) is 26.5 Å². The van der Waals surface area contributed by atoms with Crippen molar-refractivity contribution in [2.75, 3.05) is 12.8 Å². The molecule has 1 heterocycles. The lowest BCUT2D eigenvalue weighted by Crippen LogP contribution is -2.11. The normalized spacial score (nSPS) is 10.7. The van der Waals surface area contributed by atoms with Gasteiger partial charge in [-0.05, 0) is 26.0 Å². The fourth-order valence-corrected chi connectivity index (χ4v) is 1.96. The summed E-state index contributed by atoms with van der Waals surface area (Å²) in [5, 5.41) is 0. The van der Waals surface area contributed by atoms with E-state index in [2.05, 4.69) is 18.8 Å². The van der Waals surface area contributed by atoms with Gasteiger partial charge in [0.1, 0.15) is 29.7 Å². The number of aromatic nitrogens is 2. The zero-order valence-electron chi connectivity index (χ0n) is 11.5. The number of hydrogen-bond acceptors (Lipinski definition) is 4. The summed E-state index contributed by atoms with van der Waals surface area (Å²) in [6, 6.07) is 7.74. The highest BCUT2D eigenvalue weighted by molar-refractivity contribution is 5.33. The predicted octanol–water partition coefficient (Wildman–Crippen LogP) is 2.63. The Balaban J connectivity index is 2.10. The van der Waals surface area contributed by atoms with Gasteiger partial charge in [-0.2, -0.15) is 0 Å². The maximum atomic E-state index is 5.88. The molecule has 0 aliphatic carbocycles. The van der Waals surface area contributed by atoms with Gasteiger partial charge < -0.3 is 19.8 Å². The largest absolute Gasteiger partial charge is 0.497 e. The number of benzene rings is 1. The number of nitrogens with two attached hydrogens (primary N) is 1. The van der Waals surface area contributed by atoms with E-state index < -0.39 is 0 Å². The van der Waals surface area contributed by atoms with Crippen molar-refractivity contribution in [2.24, 2.45) is 0 Å². The van der Waals surface area contributed by atoms with Crippen LogP contribution >= 0.6 is 0 Å². The maximum absolute atomic E-state index is 5.88. The summed E-state index contributed by atoms with van der Waals surface area (Å²) in [4.78, 5) is 4.28. The number of anilines is 1. The first-order chi connectivity index (χ1) is 9.11. The third kappa shape index (κ3) is 2.99. The highest BCUT2D eigenvalue weighted by atomic mass is 16.5. The van der Waals surface area contributed by atoms with Crippen LogP contribution in [-0.4, -0.2) is 16.7 Å². The van der Waals surface area contributed by atoms with Crippen LogP contribution in [0.25, 0.3) is 0 Å². The Bertz CT molecular complexity index is 549. The quantitative estimate of drug-likeness (QED) is 0.898. The molecule has 102 valence electrons. The third-order valence-electron chi connectivity index (χ3n) is 2.83. The second kappa shape index (κ2) is 5.65. The molecule has 5 heteroatoms. The molecule has 1 aromatic heterocycles. The van der Waals surface area contributed by atoms with E-state index in [0.717, 1.165) is 17.3 Å². The van der Waals surface area contributed by atoms with E-state index in [9.17, 15) is 0 Å². The average molecular weight is 261 g/mol. The fraction of sp³-hybridized carbons (Fsp3) is 0.357.